The molecule has 1 aliphatic heterocycles. The number of carbonyl (C=O) groups is 1. The quantitative estimate of drug-likeness (QED) is 0.671. The van der Waals surface area contributed by atoms with Crippen molar-refractivity contribution in [3.63, 3.8) is 0 Å². The van der Waals surface area contributed by atoms with Crippen molar-refractivity contribution >= 4 is 23.3 Å². The molecule has 6 nitrogen and oxygen atoms in total. The molecule has 3 aromatic rings. The Kier molecular flexibility index (Phi) is 5.36. The van der Waals surface area contributed by atoms with Gasteiger partial charge < -0.3 is 24.3 Å². The van der Waals surface area contributed by atoms with Gasteiger partial charge in [0.2, 0.25) is 0 Å². The lowest BCUT2D eigenvalue weighted by Gasteiger charge is -2.37. The number of rotatable bonds is 4. The molecule has 0 unspecified atom stereocenters. The van der Waals surface area contributed by atoms with Crippen molar-refractivity contribution in [3.05, 3.63) is 77.1 Å². The lowest BCUT2D eigenvalue weighted by Crippen LogP contribution is -2.44. The molecule has 1 atom stereocenters. The Balaban J connectivity index is 1.69. The molecular formula is C22H22ClN3O3. The van der Waals surface area contributed by atoms with E-state index in [1.54, 1.807) is 38.5 Å². The molecule has 0 saturated heterocycles. The summed E-state index contributed by atoms with van der Waals surface area (Å²) in [6.45, 7) is 1.32. The van der Waals surface area contributed by atoms with Crippen LogP contribution in [0.15, 0.2) is 60.8 Å². The van der Waals surface area contributed by atoms with Crippen molar-refractivity contribution in [1.29, 1.82) is 0 Å². The van der Waals surface area contributed by atoms with Crippen LogP contribution in [0.3, 0.4) is 0 Å². The van der Waals surface area contributed by atoms with Gasteiger partial charge >= 0.3 is 6.03 Å². The number of nitrogens with zero attached hydrogens (tertiary/aromatic N) is 2. The third-order valence-electron chi connectivity index (χ3n) is 5.12. The van der Waals surface area contributed by atoms with Crippen LogP contribution in [0.5, 0.6) is 11.5 Å². The van der Waals surface area contributed by atoms with Crippen LogP contribution in [0.2, 0.25) is 5.02 Å². The van der Waals surface area contributed by atoms with E-state index in [0.717, 1.165) is 17.8 Å². The number of anilines is 1. The zero-order chi connectivity index (χ0) is 20.4. The third-order valence-corrected chi connectivity index (χ3v) is 5.37. The van der Waals surface area contributed by atoms with Crippen molar-refractivity contribution in [1.82, 2.24) is 9.47 Å². The molecule has 0 spiro atoms. The molecule has 2 aromatic carbocycles. The van der Waals surface area contributed by atoms with Crippen LogP contribution >= 0.6 is 11.6 Å². The average molecular weight is 412 g/mol. The second-order valence-electron chi connectivity index (χ2n) is 6.77. The van der Waals surface area contributed by atoms with E-state index in [-0.39, 0.29) is 12.1 Å². The van der Waals surface area contributed by atoms with Gasteiger partial charge in [0.05, 0.1) is 20.3 Å². The Morgan fingerprint density at radius 3 is 2.52 bits per heavy atom. The highest BCUT2D eigenvalue weighted by Gasteiger charge is 2.32. The summed E-state index contributed by atoms with van der Waals surface area (Å²) < 4.78 is 13.0. The van der Waals surface area contributed by atoms with Crippen LogP contribution in [0, 0.1) is 0 Å². The summed E-state index contributed by atoms with van der Waals surface area (Å²) in [5.74, 6) is 1.28. The summed E-state index contributed by atoms with van der Waals surface area (Å²) >= 11 is 5.95. The number of carbonyl (C=O) groups excluding carboxylic acids is 1. The largest absolute Gasteiger partial charge is 0.493 e. The van der Waals surface area contributed by atoms with E-state index in [9.17, 15) is 4.79 Å². The predicted octanol–water partition coefficient (Wildman–Crippen LogP) is 4.80. The van der Waals surface area contributed by atoms with Crippen LogP contribution in [0.1, 0.15) is 17.3 Å². The van der Waals surface area contributed by atoms with Gasteiger partial charge in [-0.3, -0.25) is 0 Å². The SMILES string of the molecule is COc1ccc([C@@H]2c3cccn3CCN2C(=O)Nc2ccc(Cl)cc2)cc1OC. The highest BCUT2D eigenvalue weighted by atomic mass is 35.5. The fourth-order valence-electron chi connectivity index (χ4n) is 3.70. The van der Waals surface area contributed by atoms with Gasteiger partial charge in [-0.05, 0) is 54.1 Å². The molecule has 1 aliphatic rings. The molecule has 4 rings (SSSR count). The van der Waals surface area contributed by atoms with E-state index < -0.39 is 0 Å². The topological polar surface area (TPSA) is 55.7 Å². The van der Waals surface area contributed by atoms with Crippen LogP contribution in [0.4, 0.5) is 10.5 Å². The highest BCUT2D eigenvalue weighted by molar-refractivity contribution is 6.30. The first kappa shape index (κ1) is 19.2. The standard InChI is InChI=1S/C22H22ClN3O3/c1-28-19-10-5-15(14-20(19)29-2)21-18-4-3-11-25(18)12-13-26(21)22(27)24-17-8-6-16(23)7-9-17/h3-11,14,21H,12-13H2,1-2H3,(H,24,27)/t21-/m1/s1. The van der Waals surface area contributed by atoms with Crippen molar-refractivity contribution in [2.75, 3.05) is 26.1 Å². The molecule has 0 fully saturated rings. The minimum atomic E-state index is -0.245. The average Bonchev–Trinajstić information content (AvgIpc) is 3.23. The van der Waals surface area contributed by atoms with E-state index in [1.165, 1.54) is 0 Å². The number of fused-ring (bicyclic) bond motifs is 1. The number of amides is 2. The first-order valence-corrected chi connectivity index (χ1v) is 9.68. The maximum atomic E-state index is 13.2. The summed E-state index contributed by atoms with van der Waals surface area (Å²) in [4.78, 5) is 15.0. The Hall–Kier alpha value is -3.12. The molecule has 1 aromatic heterocycles. The number of ether oxygens (including phenoxy) is 2. The minimum absolute atomic E-state index is 0.167. The molecule has 0 aliphatic carbocycles. The maximum absolute atomic E-state index is 13.2. The lowest BCUT2D eigenvalue weighted by molar-refractivity contribution is 0.181. The molecule has 1 N–H and O–H groups in total. The number of halogens is 1. The van der Waals surface area contributed by atoms with E-state index >= 15 is 0 Å². The number of aromatic nitrogens is 1. The van der Waals surface area contributed by atoms with Crippen LogP contribution in [-0.2, 0) is 6.54 Å². The molecule has 0 bridgehead atoms. The fraction of sp³-hybridized carbons (Fsp3) is 0.227. The second kappa shape index (κ2) is 8.09. The number of urea groups is 1. The number of methoxy groups -OCH3 is 2. The third kappa shape index (κ3) is 3.76. The van der Waals surface area contributed by atoms with Crippen molar-refractivity contribution in [3.8, 4) is 11.5 Å². The monoisotopic (exact) mass is 411 g/mol. The smallest absolute Gasteiger partial charge is 0.322 e. The summed E-state index contributed by atoms with van der Waals surface area (Å²) in [6.07, 6.45) is 2.04. The van der Waals surface area contributed by atoms with Gasteiger partial charge in [0, 0.05) is 35.7 Å². The van der Waals surface area contributed by atoms with E-state index in [4.69, 9.17) is 21.1 Å². The summed E-state index contributed by atoms with van der Waals surface area (Å²) in [6, 6.07) is 16.5. The molecule has 2 amide bonds. The highest BCUT2D eigenvalue weighted by Crippen LogP contribution is 2.37. The Morgan fingerprint density at radius 1 is 1.03 bits per heavy atom. The van der Waals surface area contributed by atoms with Crippen LogP contribution in [0.25, 0.3) is 0 Å². The molecule has 29 heavy (non-hydrogen) atoms. The summed E-state index contributed by atoms with van der Waals surface area (Å²) in [7, 11) is 3.21. The van der Waals surface area contributed by atoms with Crippen LogP contribution in [-0.4, -0.2) is 36.3 Å². The van der Waals surface area contributed by atoms with Crippen molar-refractivity contribution in [2.24, 2.45) is 0 Å². The Bertz CT molecular complexity index is 1020. The molecule has 7 heteroatoms. The molecular weight excluding hydrogens is 390 g/mol. The first-order chi connectivity index (χ1) is 14.1. The van der Waals surface area contributed by atoms with Crippen LogP contribution < -0.4 is 14.8 Å². The van der Waals surface area contributed by atoms with Gasteiger partial charge in [0.15, 0.2) is 11.5 Å². The summed E-state index contributed by atoms with van der Waals surface area (Å²) in [5.41, 5.74) is 2.70. The Labute approximate surface area is 174 Å². The number of hydrogen-bond donors (Lipinski definition) is 1. The predicted molar refractivity (Wildman–Crippen MR) is 113 cm³/mol. The van der Waals surface area contributed by atoms with Gasteiger partial charge in [-0.1, -0.05) is 17.7 Å². The molecule has 2 heterocycles. The Morgan fingerprint density at radius 2 is 1.79 bits per heavy atom. The van der Waals surface area contributed by atoms with Gasteiger partial charge in [-0.2, -0.15) is 0 Å². The van der Waals surface area contributed by atoms with Gasteiger partial charge in [-0.25, -0.2) is 4.79 Å². The molecule has 0 saturated carbocycles. The summed E-state index contributed by atoms with van der Waals surface area (Å²) in [5, 5.41) is 3.60. The zero-order valence-corrected chi connectivity index (χ0v) is 17.0. The fourth-order valence-corrected chi connectivity index (χ4v) is 3.83. The number of hydrogen-bond acceptors (Lipinski definition) is 3. The van der Waals surface area contributed by atoms with Crippen molar-refractivity contribution < 1.29 is 14.3 Å². The minimum Gasteiger partial charge on any atom is -0.493 e. The zero-order valence-electron chi connectivity index (χ0n) is 16.3. The first-order valence-electron chi connectivity index (χ1n) is 9.31. The molecule has 0 radical (unpaired) electrons. The van der Waals surface area contributed by atoms with E-state index in [1.807, 2.05) is 41.4 Å². The van der Waals surface area contributed by atoms with Gasteiger partial charge in [0.25, 0.3) is 0 Å². The second-order valence-corrected chi connectivity index (χ2v) is 7.21. The maximum Gasteiger partial charge on any atom is 0.322 e. The van der Waals surface area contributed by atoms with Gasteiger partial charge in [0.1, 0.15) is 0 Å². The number of benzene rings is 2. The number of nitrogens with one attached hydrogen (secondary N) is 1. The normalized spacial score (nSPS) is 15.6. The van der Waals surface area contributed by atoms with E-state index in [0.29, 0.717) is 28.8 Å². The van der Waals surface area contributed by atoms with Gasteiger partial charge in [-0.15, -0.1) is 0 Å². The van der Waals surface area contributed by atoms with Crippen molar-refractivity contribution in [2.45, 2.75) is 12.6 Å². The van der Waals surface area contributed by atoms with E-state index in [2.05, 4.69) is 9.88 Å². The molecule has 150 valence electrons. The lowest BCUT2D eigenvalue weighted by atomic mass is 9.99.